The number of unbranched alkanes of at least 4 members (excludes halogenated alkanes) is 1. The van der Waals surface area contributed by atoms with Crippen molar-refractivity contribution in [2.45, 2.75) is 44.3 Å². The first kappa shape index (κ1) is 27.1. The molecule has 2 atom stereocenters. The Morgan fingerprint density at radius 2 is 1.52 bits per heavy atom. The lowest BCUT2D eigenvalue weighted by molar-refractivity contribution is -0.150. The molecule has 4 aromatic rings. The number of benzene rings is 3. The molecule has 1 aromatic heterocycles. The maximum Gasteiger partial charge on any atom is 0.246 e. The highest BCUT2D eigenvalue weighted by Crippen LogP contribution is 2.25. The molecule has 1 fully saturated rings. The van der Waals surface area contributed by atoms with Gasteiger partial charge in [0.25, 0.3) is 0 Å². The topological polar surface area (TPSA) is 97.5 Å². The van der Waals surface area contributed by atoms with E-state index in [2.05, 4.69) is 34.6 Å². The summed E-state index contributed by atoms with van der Waals surface area (Å²) in [5, 5.41) is 2.99. The Morgan fingerprint density at radius 3 is 2.23 bits per heavy atom. The van der Waals surface area contributed by atoms with Gasteiger partial charge in [0.2, 0.25) is 11.8 Å². The highest BCUT2D eigenvalue weighted by atomic mass is 16.5. The number of hydrogen-bond acceptors (Lipinski definition) is 5. The number of piperazine rings is 1. The van der Waals surface area contributed by atoms with Gasteiger partial charge in [-0.25, -0.2) is 0 Å². The number of nitrogens with two attached hydrogens (primary N) is 1. The van der Waals surface area contributed by atoms with Crippen LogP contribution in [-0.4, -0.2) is 40.3 Å². The molecule has 7 nitrogen and oxygen atoms in total. The van der Waals surface area contributed by atoms with Crippen molar-refractivity contribution in [3.63, 3.8) is 0 Å². The van der Waals surface area contributed by atoms with E-state index in [1.807, 2.05) is 66.7 Å². The third-order valence-electron chi connectivity index (χ3n) is 7.16. The smallest absolute Gasteiger partial charge is 0.246 e. The van der Waals surface area contributed by atoms with Gasteiger partial charge in [-0.15, -0.1) is 0 Å². The number of carbonyl (C=O) groups excluding carboxylic acids is 2. The molecule has 40 heavy (non-hydrogen) atoms. The minimum absolute atomic E-state index is 0.0693. The van der Waals surface area contributed by atoms with Crippen LogP contribution in [-0.2, 0) is 22.6 Å². The predicted molar refractivity (Wildman–Crippen MR) is 156 cm³/mol. The second-order valence-electron chi connectivity index (χ2n) is 10.0. The first-order chi connectivity index (χ1) is 19.6. The van der Waals surface area contributed by atoms with Crippen molar-refractivity contribution in [3.8, 4) is 22.6 Å². The van der Waals surface area contributed by atoms with E-state index in [1.54, 1.807) is 17.3 Å². The second-order valence-corrected chi connectivity index (χ2v) is 10.0. The van der Waals surface area contributed by atoms with Gasteiger partial charge in [-0.2, -0.15) is 0 Å². The Balaban J connectivity index is 1.30. The number of ether oxygens (including phenoxy) is 1. The summed E-state index contributed by atoms with van der Waals surface area (Å²) in [6, 6.07) is 28.4. The van der Waals surface area contributed by atoms with Gasteiger partial charge in [0.15, 0.2) is 0 Å². The van der Waals surface area contributed by atoms with Crippen LogP contribution in [0, 0.1) is 0 Å². The predicted octanol–water partition coefficient (Wildman–Crippen LogP) is 5.11. The molecule has 0 saturated carbocycles. The highest BCUT2D eigenvalue weighted by molar-refractivity contribution is 5.97. The van der Waals surface area contributed by atoms with Gasteiger partial charge in [-0.05, 0) is 72.3 Å². The number of nitrogens with one attached hydrogen (secondary N) is 1. The van der Waals surface area contributed by atoms with Gasteiger partial charge in [0.1, 0.15) is 23.6 Å². The summed E-state index contributed by atoms with van der Waals surface area (Å²) < 4.78 is 5.83. The van der Waals surface area contributed by atoms with Gasteiger partial charge < -0.3 is 20.7 Å². The summed E-state index contributed by atoms with van der Waals surface area (Å²) in [7, 11) is 0. The van der Waals surface area contributed by atoms with E-state index in [9.17, 15) is 9.59 Å². The van der Waals surface area contributed by atoms with E-state index < -0.39 is 12.1 Å². The molecular formula is C33H34N4O3. The number of rotatable bonds is 11. The number of carbonyl (C=O) groups is 2. The number of nitrogens with zero attached hydrogens (tertiary/aromatic N) is 2. The largest absolute Gasteiger partial charge is 0.456 e. The van der Waals surface area contributed by atoms with Crippen LogP contribution >= 0.6 is 0 Å². The summed E-state index contributed by atoms with van der Waals surface area (Å²) in [5.74, 6) is 1.15. The molecule has 3 N–H and O–H groups in total. The Labute approximate surface area is 235 Å². The minimum atomic E-state index is -0.632. The molecular weight excluding hydrogens is 500 g/mol. The van der Waals surface area contributed by atoms with Crippen molar-refractivity contribution in [1.29, 1.82) is 0 Å². The van der Waals surface area contributed by atoms with Crippen molar-refractivity contribution in [2.24, 2.45) is 5.73 Å². The molecule has 2 amide bonds. The lowest BCUT2D eigenvalue weighted by Gasteiger charge is -2.39. The molecule has 0 unspecified atom stereocenters. The van der Waals surface area contributed by atoms with Crippen LogP contribution in [0.4, 0.5) is 0 Å². The monoisotopic (exact) mass is 534 g/mol. The van der Waals surface area contributed by atoms with Crippen LogP contribution in [0.2, 0.25) is 0 Å². The molecule has 3 aromatic carbocycles. The Kier molecular flexibility index (Phi) is 8.83. The summed E-state index contributed by atoms with van der Waals surface area (Å²) in [6.07, 6.45) is 5.93. The van der Waals surface area contributed by atoms with E-state index in [0.717, 1.165) is 35.1 Å². The third kappa shape index (κ3) is 6.74. The molecule has 1 aliphatic heterocycles. The van der Waals surface area contributed by atoms with Crippen molar-refractivity contribution in [1.82, 2.24) is 15.2 Å². The summed E-state index contributed by atoms with van der Waals surface area (Å²) in [6.45, 7) is 0.940. The Hall–Kier alpha value is -4.49. The fourth-order valence-electron chi connectivity index (χ4n) is 5.02. The zero-order valence-electron chi connectivity index (χ0n) is 22.4. The van der Waals surface area contributed by atoms with Crippen molar-refractivity contribution in [2.75, 3.05) is 6.54 Å². The normalized spacial score (nSPS) is 17.0. The molecule has 0 radical (unpaired) electrons. The molecule has 2 heterocycles. The fraction of sp³-hybridized carbons (Fsp3) is 0.242. The quantitative estimate of drug-likeness (QED) is 0.261. The average Bonchev–Trinajstić information content (AvgIpc) is 2.99. The summed E-state index contributed by atoms with van der Waals surface area (Å²) in [4.78, 5) is 32.9. The van der Waals surface area contributed by atoms with Crippen LogP contribution in [0.25, 0.3) is 11.1 Å². The third-order valence-corrected chi connectivity index (χ3v) is 7.16. The van der Waals surface area contributed by atoms with E-state index in [0.29, 0.717) is 37.4 Å². The average molecular weight is 535 g/mol. The lowest BCUT2D eigenvalue weighted by atomic mass is 9.96. The second kappa shape index (κ2) is 13.0. The van der Waals surface area contributed by atoms with Crippen molar-refractivity contribution < 1.29 is 14.3 Å². The summed E-state index contributed by atoms with van der Waals surface area (Å²) in [5.41, 5.74) is 9.87. The Morgan fingerprint density at radius 1 is 0.800 bits per heavy atom. The number of aromatic nitrogens is 1. The maximum absolute atomic E-state index is 13.8. The molecule has 5 rings (SSSR count). The molecule has 0 spiro atoms. The van der Waals surface area contributed by atoms with E-state index in [-0.39, 0.29) is 11.8 Å². The van der Waals surface area contributed by atoms with Crippen LogP contribution in [0.3, 0.4) is 0 Å². The van der Waals surface area contributed by atoms with Gasteiger partial charge in [-0.1, -0.05) is 66.7 Å². The van der Waals surface area contributed by atoms with Crippen LogP contribution in [0.15, 0.2) is 103 Å². The molecule has 7 heteroatoms. The van der Waals surface area contributed by atoms with Crippen LogP contribution < -0.4 is 15.8 Å². The maximum atomic E-state index is 13.8. The number of pyridine rings is 1. The van der Waals surface area contributed by atoms with Crippen LogP contribution in [0.5, 0.6) is 11.5 Å². The van der Waals surface area contributed by atoms with Gasteiger partial charge in [0, 0.05) is 19.2 Å². The zero-order valence-corrected chi connectivity index (χ0v) is 22.4. The first-order valence-corrected chi connectivity index (χ1v) is 13.7. The zero-order chi connectivity index (χ0) is 27.7. The SMILES string of the molecule is NCCCC[C@H]1C(=O)N[C@@H](Cc2ccc(Oc3cccnc3)cc2)C(=O)N1Cc1ccc(-c2ccccc2)cc1. The lowest BCUT2D eigenvalue weighted by Crippen LogP contribution is -2.63. The van der Waals surface area contributed by atoms with E-state index in [1.165, 1.54) is 0 Å². The molecule has 0 bridgehead atoms. The fourth-order valence-corrected chi connectivity index (χ4v) is 5.02. The minimum Gasteiger partial charge on any atom is -0.456 e. The first-order valence-electron chi connectivity index (χ1n) is 13.7. The van der Waals surface area contributed by atoms with Gasteiger partial charge in [0.05, 0.1) is 6.20 Å². The van der Waals surface area contributed by atoms with Gasteiger partial charge >= 0.3 is 0 Å². The number of hydrogen-bond donors (Lipinski definition) is 2. The van der Waals surface area contributed by atoms with Crippen molar-refractivity contribution in [3.05, 3.63) is 115 Å². The van der Waals surface area contributed by atoms with E-state index >= 15 is 0 Å². The number of amides is 2. The highest BCUT2D eigenvalue weighted by Gasteiger charge is 2.40. The standard InChI is InChI=1S/C33H34N4O3/c34-19-5-4-10-31-32(38)36-30(21-24-13-17-28(18-14-24)40-29-9-6-20-35-22-29)33(39)37(31)23-25-11-15-27(16-12-25)26-7-2-1-3-8-26/h1-3,6-9,11-18,20,22,30-31H,4-5,10,19,21,23,34H2,(H,36,38)/t30-,31-/m0/s1. The van der Waals surface area contributed by atoms with Gasteiger partial charge in [-0.3, -0.25) is 14.6 Å². The molecule has 204 valence electrons. The Bertz CT molecular complexity index is 1390. The molecule has 1 aliphatic rings. The molecule has 1 saturated heterocycles. The molecule has 0 aliphatic carbocycles. The van der Waals surface area contributed by atoms with E-state index in [4.69, 9.17) is 10.5 Å². The van der Waals surface area contributed by atoms with Crippen molar-refractivity contribution >= 4 is 11.8 Å². The van der Waals surface area contributed by atoms with Crippen LogP contribution in [0.1, 0.15) is 30.4 Å². The summed E-state index contributed by atoms with van der Waals surface area (Å²) >= 11 is 0.